The summed E-state index contributed by atoms with van der Waals surface area (Å²) >= 11 is 4.79. The summed E-state index contributed by atoms with van der Waals surface area (Å²) in [5, 5.41) is 0. The van der Waals surface area contributed by atoms with Gasteiger partial charge in [-0.05, 0) is 43.1 Å². The fourth-order valence-corrected chi connectivity index (χ4v) is 1.98. The van der Waals surface area contributed by atoms with Crippen molar-refractivity contribution in [3.8, 4) is 0 Å². The number of nitrogens with zero attached hydrogens (tertiary/aromatic N) is 1. The summed E-state index contributed by atoms with van der Waals surface area (Å²) in [6.45, 7) is 10.1. The van der Waals surface area contributed by atoms with Crippen molar-refractivity contribution in [2.45, 2.75) is 53.9 Å². The van der Waals surface area contributed by atoms with Crippen LogP contribution in [0.4, 0.5) is 5.69 Å². The second kappa shape index (κ2) is 13.0. The number of aliphatic imine (C=N–C) groups is 1. The maximum atomic E-state index is 4.79. The minimum absolute atomic E-state index is 0.710. The van der Waals surface area contributed by atoms with Crippen LogP contribution in [0.15, 0.2) is 35.5 Å². The smallest absolute Gasteiger partial charge is 0.174 e. The van der Waals surface area contributed by atoms with Gasteiger partial charge in [-0.25, -0.2) is 0 Å². The predicted molar refractivity (Wildman–Crippen MR) is 101 cm³/mol. The SMILES string of the molecule is C1=Nc2ccccc2CC1.CC.CC.CCc1c[nH]c(=S)[nH]1. The Bertz CT molecular complexity index is 582. The third-order valence-corrected chi connectivity index (χ3v) is 3.02. The first-order valence-corrected chi connectivity index (χ1v) is 8.57. The van der Waals surface area contributed by atoms with E-state index in [1.807, 2.05) is 46.2 Å². The van der Waals surface area contributed by atoms with Gasteiger partial charge in [0.25, 0.3) is 0 Å². The number of nitrogens with one attached hydrogen (secondary N) is 2. The fraction of sp³-hybridized carbons (Fsp3) is 0.444. The van der Waals surface area contributed by atoms with Crippen molar-refractivity contribution in [3.63, 3.8) is 0 Å². The maximum absolute atomic E-state index is 4.79. The van der Waals surface area contributed by atoms with E-state index in [0.717, 1.165) is 30.6 Å². The number of hydrogen-bond donors (Lipinski definition) is 2. The van der Waals surface area contributed by atoms with Gasteiger partial charge in [-0.2, -0.15) is 0 Å². The molecule has 2 heterocycles. The van der Waals surface area contributed by atoms with Gasteiger partial charge in [-0.1, -0.05) is 52.8 Å². The number of H-pyrrole nitrogens is 2. The van der Waals surface area contributed by atoms with Crippen LogP contribution >= 0.6 is 12.2 Å². The Balaban J connectivity index is 0.000000333. The van der Waals surface area contributed by atoms with Gasteiger partial charge >= 0.3 is 0 Å². The molecule has 0 unspecified atom stereocenters. The van der Waals surface area contributed by atoms with E-state index >= 15 is 0 Å². The summed E-state index contributed by atoms with van der Waals surface area (Å²) in [5.74, 6) is 0. The van der Waals surface area contributed by atoms with Crippen molar-refractivity contribution in [1.29, 1.82) is 0 Å². The molecule has 1 aromatic heterocycles. The summed E-state index contributed by atoms with van der Waals surface area (Å²) in [5.41, 5.74) is 3.69. The molecule has 4 heteroatoms. The van der Waals surface area contributed by atoms with Crippen LogP contribution in [0.25, 0.3) is 0 Å². The Morgan fingerprint density at radius 1 is 1.14 bits per heavy atom. The molecule has 2 N–H and O–H groups in total. The Kier molecular flexibility index (Phi) is 12.0. The van der Waals surface area contributed by atoms with Crippen molar-refractivity contribution in [3.05, 3.63) is 46.5 Å². The highest BCUT2D eigenvalue weighted by Gasteiger charge is 2.01. The highest BCUT2D eigenvalue weighted by atomic mass is 32.1. The monoisotopic (exact) mass is 319 g/mol. The highest BCUT2D eigenvalue weighted by Crippen LogP contribution is 2.22. The van der Waals surface area contributed by atoms with Gasteiger partial charge in [0, 0.05) is 18.1 Å². The first-order valence-electron chi connectivity index (χ1n) is 8.16. The molecular weight excluding hydrogens is 290 g/mol. The van der Waals surface area contributed by atoms with E-state index < -0.39 is 0 Å². The molecule has 1 aliphatic rings. The lowest BCUT2D eigenvalue weighted by molar-refractivity contribution is 1.03. The molecule has 1 aliphatic heterocycles. The van der Waals surface area contributed by atoms with Gasteiger partial charge in [0.2, 0.25) is 0 Å². The Hall–Kier alpha value is -1.68. The topological polar surface area (TPSA) is 43.9 Å². The fourth-order valence-electron chi connectivity index (χ4n) is 1.79. The quantitative estimate of drug-likeness (QED) is 0.620. The van der Waals surface area contributed by atoms with Gasteiger partial charge in [0.1, 0.15) is 0 Å². The molecule has 3 nitrogen and oxygen atoms in total. The Morgan fingerprint density at radius 2 is 1.82 bits per heavy atom. The molecule has 0 aliphatic carbocycles. The third kappa shape index (κ3) is 7.36. The Labute approximate surface area is 139 Å². The van der Waals surface area contributed by atoms with Crippen LogP contribution < -0.4 is 0 Å². The molecule has 0 saturated carbocycles. The highest BCUT2D eigenvalue weighted by molar-refractivity contribution is 7.71. The van der Waals surface area contributed by atoms with E-state index in [2.05, 4.69) is 40.1 Å². The van der Waals surface area contributed by atoms with Gasteiger partial charge in [0.15, 0.2) is 4.77 Å². The van der Waals surface area contributed by atoms with E-state index in [1.54, 1.807) is 0 Å². The van der Waals surface area contributed by atoms with Gasteiger partial charge in [-0.3, -0.25) is 4.99 Å². The first-order chi connectivity index (χ1) is 10.8. The number of para-hydroxylation sites is 1. The van der Waals surface area contributed by atoms with Crippen LogP contribution in [-0.2, 0) is 12.8 Å². The second-order valence-electron chi connectivity index (χ2n) is 4.10. The zero-order chi connectivity index (χ0) is 16.8. The van der Waals surface area contributed by atoms with Crippen LogP contribution in [0.5, 0.6) is 0 Å². The molecule has 3 rings (SSSR count). The van der Waals surface area contributed by atoms with Crippen molar-refractivity contribution >= 4 is 24.1 Å². The van der Waals surface area contributed by atoms with Gasteiger partial charge < -0.3 is 9.97 Å². The molecule has 122 valence electrons. The van der Waals surface area contributed by atoms with Crippen LogP contribution in [0.1, 0.15) is 52.3 Å². The molecule has 0 saturated heterocycles. The largest absolute Gasteiger partial charge is 0.337 e. The van der Waals surface area contributed by atoms with Crippen molar-refractivity contribution < 1.29 is 0 Å². The lowest BCUT2D eigenvalue weighted by Crippen LogP contribution is -1.91. The lowest BCUT2D eigenvalue weighted by atomic mass is 10.1. The van der Waals surface area contributed by atoms with Crippen LogP contribution in [0, 0.1) is 4.77 Å². The number of aromatic nitrogens is 2. The number of hydrogen-bond acceptors (Lipinski definition) is 2. The standard InChI is InChI=1S/C9H9N.C5H8N2S.2C2H6/c1-2-6-9-8(4-1)5-3-7-10-9;1-2-4-3-6-5(8)7-4;2*1-2/h1-2,4,6-7H,3,5H2;3H,2H2,1H3,(H2,6,7,8);2*1-2H3. The maximum Gasteiger partial charge on any atom is 0.174 e. The van der Waals surface area contributed by atoms with Crippen LogP contribution in [0.3, 0.4) is 0 Å². The lowest BCUT2D eigenvalue weighted by Gasteiger charge is -2.07. The number of imidazole rings is 1. The average molecular weight is 320 g/mol. The molecule has 0 amide bonds. The summed E-state index contributed by atoms with van der Waals surface area (Å²) < 4.78 is 0.710. The normalized spacial score (nSPS) is 10.8. The zero-order valence-electron chi connectivity index (χ0n) is 14.4. The summed E-state index contributed by atoms with van der Waals surface area (Å²) in [6.07, 6.45) is 7.13. The zero-order valence-corrected chi connectivity index (χ0v) is 15.3. The van der Waals surface area contributed by atoms with E-state index in [9.17, 15) is 0 Å². The molecule has 0 atom stereocenters. The van der Waals surface area contributed by atoms with Crippen molar-refractivity contribution in [2.24, 2.45) is 4.99 Å². The minimum atomic E-state index is 0.710. The van der Waals surface area contributed by atoms with Crippen molar-refractivity contribution in [1.82, 2.24) is 9.97 Å². The van der Waals surface area contributed by atoms with E-state index in [1.165, 1.54) is 5.56 Å². The number of rotatable bonds is 1. The summed E-state index contributed by atoms with van der Waals surface area (Å²) in [7, 11) is 0. The summed E-state index contributed by atoms with van der Waals surface area (Å²) in [6, 6.07) is 8.30. The van der Waals surface area contributed by atoms with E-state index in [0.29, 0.717) is 4.77 Å². The van der Waals surface area contributed by atoms with Gasteiger partial charge in [0.05, 0.1) is 5.69 Å². The van der Waals surface area contributed by atoms with E-state index in [-0.39, 0.29) is 0 Å². The summed E-state index contributed by atoms with van der Waals surface area (Å²) in [4.78, 5) is 10.1. The Morgan fingerprint density at radius 3 is 2.32 bits per heavy atom. The van der Waals surface area contributed by atoms with Gasteiger partial charge in [-0.15, -0.1) is 0 Å². The minimum Gasteiger partial charge on any atom is -0.337 e. The number of aryl methyl sites for hydroxylation is 2. The van der Waals surface area contributed by atoms with E-state index in [4.69, 9.17) is 12.2 Å². The number of aromatic amines is 2. The molecule has 1 aromatic carbocycles. The molecule has 0 radical (unpaired) electrons. The van der Waals surface area contributed by atoms with Crippen LogP contribution in [-0.4, -0.2) is 16.2 Å². The number of benzene rings is 1. The first kappa shape index (κ1) is 20.3. The molecule has 0 bridgehead atoms. The molecular formula is C18H29N3S. The molecule has 22 heavy (non-hydrogen) atoms. The average Bonchev–Trinajstić information content (AvgIpc) is 3.05. The molecule has 2 aromatic rings. The van der Waals surface area contributed by atoms with Crippen LogP contribution in [0.2, 0.25) is 0 Å². The predicted octanol–water partition coefficient (Wildman–Crippen LogP) is 6.02. The molecule has 0 fully saturated rings. The molecule has 0 spiro atoms. The van der Waals surface area contributed by atoms with Crippen molar-refractivity contribution in [2.75, 3.05) is 0 Å². The third-order valence-electron chi connectivity index (χ3n) is 2.80. The second-order valence-corrected chi connectivity index (χ2v) is 4.51. The number of fused-ring (bicyclic) bond motifs is 1.